The molecule has 0 N–H and O–H groups in total. The highest BCUT2D eigenvalue weighted by atomic mass is 16.5. The first-order chi connectivity index (χ1) is 15.5. The maximum atomic E-state index is 14.2. The van der Waals surface area contributed by atoms with Crippen LogP contribution in [0.15, 0.2) is 66.7 Å². The molecule has 0 saturated heterocycles. The number of amides is 1. The molecule has 0 bridgehead atoms. The fourth-order valence-electron chi connectivity index (χ4n) is 4.74. The highest BCUT2D eigenvalue weighted by Crippen LogP contribution is 2.39. The van der Waals surface area contributed by atoms with Crippen molar-refractivity contribution >= 4 is 17.3 Å². The Morgan fingerprint density at radius 3 is 2.50 bits per heavy atom. The van der Waals surface area contributed by atoms with Crippen molar-refractivity contribution in [2.45, 2.75) is 58.3 Å². The van der Waals surface area contributed by atoms with E-state index in [9.17, 15) is 4.79 Å². The number of hydrogen-bond donors (Lipinski definition) is 0. The molecule has 0 saturated carbocycles. The van der Waals surface area contributed by atoms with Gasteiger partial charge in [-0.15, -0.1) is 0 Å². The molecule has 32 heavy (non-hydrogen) atoms. The zero-order valence-electron chi connectivity index (χ0n) is 19.6. The van der Waals surface area contributed by atoms with Gasteiger partial charge in [0, 0.05) is 5.69 Å². The van der Waals surface area contributed by atoms with Crippen molar-refractivity contribution in [2.75, 3.05) is 12.0 Å². The number of ether oxygens (including phenoxy) is 1. The maximum absolute atomic E-state index is 14.2. The first-order valence-electron chi connectivity index (χ1n) is 11.7. The highest BCUT2D eigenvalue weighted by molar-refractivity contribution is 6.05. The normalized spacial score (nSPS) is 15.3. The second-order valence-corrected chi connectivity index (χ2v) is 8.91. The number of para-hydroxylation sites is 1. The van der Waals surface area contributed by atoms with Crippen molar-refractivity contribution in [3.05, 3.63) is 89.0 Å². The van der Waals surface area contributed by atoms with Gasteiger partial charge in [0.2, 0.25) is 5.91 Å². The minimum absolute atomic E-state index is 0.136. The Labute approximate surface area is 192 Å². The molecule has 0 radical (unpaired) electrons. The Balaban J connectivity index is 1.81. The second-order valence-electron chi connectivity index (χ2n) is 8.91. The number of methoxy groups -OCH3 is 1. The molecule has 4 rings (SSSR count). The molecule has 0 aliphatic heterocycles. The predicted octanol–water partition coefficient (Wildman–Crippen LogP) is 7.17. The Hall–Kier alpha value is -3.07. The molecule has 0 heterocycles. The van der Waals surface area contributed by atoms with Crippen molar-refractivity contribution in [1.82, 2.24) is 0 Å². The monoisotopic (exact) mass is 427 g/mol. The van der Waals surface area contributed by atoms with Crippen molar-refractivity contribution in [3.8, 4) is 5.75 Å². The number of nitrogens with zero attached hydrogens (tertiary/aromatic N) is 1. The minimum Gasteiger partial charge on any atom is -0.497 e. The second kappa shape index (κ2) is 9.60. The van der Waals surface area contributed by atoms with E-state index in [1.165, 1.54) is 16.7 Å². The molecule has 1 unspecified atom stereocenters. The summed E-state index contributed by atoms with van der Waals surface area (Å²) in [5, 5.41) is 0. The third-order valence-electron chi connectivity index (χ3n) is 6.62. The number of anilines is 2. The summed E-state index contributed by atoms with van der Waals surface area (Å²) in [6.45, 7) is 6.53. The van der Waals surface area contributed by atoms with Crippen LogP contribution in [0.1, 0.15) is 67.7 Å². The Bertz CT molecular complexity index is 1080. The Morgan fingerprint density at radius 2 is 1.81 bits per heavy atom. The summed E-state index contributed by atoms with van der Waals surface area (Å²) in [7, 11) is 1.68. The molecule has 3 nitrogen and oxygen atoms in total. The summed E-state index contributed by atoms with van der Waals surface area (Å²) in [6.07, 6.45) is 3.76. The fourth-order valence-corrected chi connectivity index (χ4v) is 4.74. The minimum atomic E-state index is -0.177. The van der Waals surface area contributed by atoms with Gasteiger partial charge in [0.15, 0.2) is 0 Å². The quantitative estimate of drug-likeness (QED) is 0.417. The molecule has 1 aliphatic carbocycles. The number of hydrogen-bond acceptors (Lipinski definition) is 2. The number of rotatable bonds is 6. The first-order valence-corrected chi connectivity index (χ1v) is 11.7. The smallest absolute Gasteiger partial charge is 0.239 e. The average Bonchev–Trinajstić information content (AvgIpc) is 2.84. The molecular formula is C29H33NO2. The molecule has 3 aromatic rings. The van der Waals surface area contributed by atoms with Gasteiger partial charge in [-0.1, -0.05) is 57.2 Å². The molecule has 1 aliphatic rings. The van der Waals surface area contributed by atoms with Crippen LogP contribution in [0.3, 0.4) is 0 Å². The molecule has 0 spiro atoms. The van der Waals surface area contributed by atoms with Crippen LogP contribution in [0.5, 0.6) is 5.75 Å². The fraction of sp³-hybridized carbons (Fsp3) is 0.345. The van der Waals surface area contributed by atoms with Crippen molar-refractivity contribution < 1.29 is 9.53 Å². The summed E-state index contributed by atoms with van der Waals surface area (Å²) in [6, 6.07) is 22.9. The van der Waals surface area contributed by atoms with Gasteiger partial charge in [-0.2, -0.15) is 0 Å². The van der Waals surface area contributed by atoms with Crippen LogP contribution in [-0.2, 0) is 17.6 Å². The first kappa shape index (κ1) is 22.1. The molecule has 0 fully saturated rings. The third kappa shape index (κ3) is 4.29. The van der Waals surface area contributed by atoms with Crippen molar-refractivity contribution in [1.29, 1.82) is 0 Å². The number of benzene rings is 3. The number of fused-ring (bicyclic) bond motifs is 1. The summed E-state index contributed by atoms with van der Waals surface area (Å²) in [4.78, 5) is 16.2. The van der Waals surface area contributed by atoms with Crippen molar-refractivity contribution in [3.63, 3.8) is 0 Å². The summed E-state index contributed by atoms with van der Waals surface area (Å²) in [5.41, 5.74) is 6.73. The SMILES string of the molecule is CCc1ccccc1N(C(=O)C1CCCc2ccc(OC)cc21)c1ccc(C(C)C)cc1. The van der Waals surface area contributed by atoms with Gasteiger partial charge >= 0.3 is 0 Å². The molecule has 3 aromatic carbocycles. The molecule has 1 amide bonds. The lowest BCUT2D eigenvalue weighted by molar-refractivity contribution is -0.119. The van der Waals surface area contributed by atoms with E-state index in [-0.39, 0.29) is 11.8 Å². The van der Waals surface area contributed by atoms with E-state index in [1.807, 2.05) is 23.1 Å². The Kier molecular flexibility index (Phi) is 6.64. The Morgan fingerprint density at radius 1 is 1.06 bits per heavy atom. The van der Waals surface area contributed by atoms with Crippen LogP contribution in [0.25, 0.3) is 0 Å². The number of carbonyl (C=O) groups is 1. The maximum Gasteiger partial charge on any atom is 0.239 e. The molecule has 3 heteroatoms. The van der Waals surface area contributed by atoms with E-state index in [1.54, 1.807) is 7.11 Å². The van der Waals surface area contributed by atoms with E-state index < -0.39 is 0 Å². The predicted molar refractivity (Wildman–Crippen MR) is 132 cm³/mol. The van der Waals surface area contributed by atoms with Crippen LogP contribution in [0.4, 0.5) is 11.4 Å². The third-order valence-corrected chi connectivity index (χ3v) is 6.62. The number of aryl methyl sites for hydroxylation is 2. The molecule has 0 aromatic heterocycles. The van der Waals surface area contributed by atoms with Crippen LogP contribution in [0.2, 0.25) is 0 Å². The van der Waals surface area contributed by atoms with Gasteiger partial charge in [-0.25, -0.2) is 0 Å². The van der Waals surface area contributed by atoms with E-state index in [4.69, 9.17) is 4.74 Å². The van der Waals surface area contributed by atoms with E-state index in [0.29, 0.717) is 5.92 Å². The van der Waals surface area contributed by atoms with Gasteiger partial charge in [-0.05, 0) is 84.2 Å². The lowest BCUT2D eigenvalue weighted by Crippen LogP contribution is -2.33. The highest BCUT2D eigenvalue weighted by Gasteiger charge is 2.32. The summed E-state index contributed by atoms with van der Waals surface area (Å²) >= 11 is 0. The largest absolute Gasteiger partial charge is 0.497 e. The molecule has 1 atom stereocenters. The number of carbonyl (C=O) groups excluding carboxylic acids is 1. The molecular weight excluding hydrogens is 394 g/mol. The topological polar surface area (TPSA) is 29.5 Å². The van der Waals surface area contributed by atoms with Gasteiger partial charge in [-0.3, -0.25) is 9.69 Å². The molecule has 166 valence electrons. The van der Waals surface area contributed by atoms with Gasteiger partial charge in [0.25, 0.3) is 0 Å². The van der Waals surface area contributed by atoms with Gasteiger partial charge in [0.1, 0.15) is 5.75 Å². The van der Waals surface area contributed by atoms with Crippen LogP contribution in [-0.4, -0.2) is 13.0 Å². The zero-order chi connectivity index (χ0) is 22.7. The lowest BCUT2D eigenvalue weighted by atomic mass is 9.81. The standard InChI is InChI=1S/C29H33NO2/c1-5-21-9-6-7-12-28(21)30(24-16-13-22(14-17-24)20(2)3)29(31)26-11-8-10-23-15-18-25(32-4)19-27(23)26/h6-7,9,12-20,26H,5,8,10-11H2,1-4H3. The summed E-state index contributed by atoms with van der Waals surface area (Å²) < 4.78 is 5.49. The van der Waals surface area contributed by atoms with E-state index in [0.717, 1.165) is 48.4 Å². The van der Waals surface area contributed by atoms with Crippen LogP contribution >= 0.6 is 0 Å². The van der Waals surface area contributed by atoms with Crippen molar-refractivity contribution in [2.24, 2.45) is 0 Å². The van der Waals surface area contributed by atoms with Crippen LogP contribution in [0, 0.1) is 0 Å². The lowest BCUT2D eigenvalue weighted by Gasteiger charge is -2.32. The summed E-state index contributed by atoms with van der Waals surface area (Å²) in [5.74, 6) is 1.22. The van der Waals surface area contributed by atoms with E-state index in [2.05, 4.69) is 69.3 Å². The van der Waals surface area contributed by atoms with Crippen LogP contribution < -0.4 is 9.64 Å². The van der Waals surface area contributed by atoms with Gasteiger partial charge in [0.05, 0.1) is 18.7 Å². The van der Waals surface area contributed by atoms with Gasteiger partial charge < -0.3 is 4.74 Å². The average molecular weight is 428 g/mol. The van der Waals surface area contributed by atoms with E-state index >= 15 is 0 Å². The zero-order valence-corrected chi connectivity index (χ0v) is 19.6.